The first-order chi connectivity index (χ1) is 10.6. The van der Waals surface area contributed by atoms with E-state index in [1.54, 1.807) is 13.2 Å². The van der Waals surface area contributed by atoms with Gasteiger partial charge in [0.2, 0.25) is 5.82 Å². The summed E-state index contributed by atoms with van der Waals surface area (Å²) in [5.41, 5.74) is 2.30. The van der Waals surface area contributed by atoms with Crippen LogP contribution in [0.25, 0.3) is 0 Å². The van der Waals surface area contributed by atoms with E-state index in [1.807, 2.05) is 31.2 Å². The standard InChI is InChI=1S/C16H19N3O3/c1-12-5-7-13(8-6-12)10-14(11-22-2)18-16-15(19(20)21)4-3-9-17-16/h3-9,14H,10-11H2,1-2H3,(H,17,18)/t14-/m0/s1. The van der Waals surface area contributed by atoms with Crippen LogP contribution in [0, 0.1) is 17.0 Å². The summed E-state index contributed by atoms with van der Waals surface area (Å²) in [5, 5.41) is 14.2. The Morgan fingerprint density at radius 1 is 1.32 bits per heavy atom. The van der Waals surface area contributed by atoms with Crippen molar-refractivity contribution in [2.75, 3.05) is 19.0 Å². The molecular formula is C16H19N3O3. The molecule has 0 fully saturated rings. The van der Waals surface area contributed by atoms with Gasteiger partial charge >= 0.3 is 5.69 Å². The number of benzene rings is 1. The molecule has 116 valence electrons. The van der Waals surface area contributed by atoms with E-state index in [0.29, 0.717) is 13.0 Å². The van der Waals surface area contributed by atoms with E-state index in [0.717, 1.165) is 5.56 Å². The number of ether oxygens (including phenoxy) is 1. The second-order valence-corrected chi connectivity index (χ2v) is 5.11. The summed E-state index contributed by atoms with van der Waals surface area (Å²) in [7, 11) is 1.61. The van der Waals surface area contributed by atoms with E-state index in [4.69, 9.17) is 4.74 Å². The quantitative estimate of drug-likeness (QED) is 0.628. The van der Waals surface area contributed by atoms with Crippen LogP contribution in [0.2, 0.25) is 0 Å². The van der Waals surface area contributed by atoms with Gasteiger partial charge < -0.3 is 10.1 Å². The summed E-state index contributed by atoms with van der Waals surface area (Å²) in [5.74, 6) is 0.265. The maximum absolute atomic E-state index is 11.1. The van der Waals surface area contributed by atoms with Crippen LogP contribution in [0.4, 0.5) is 11.5 Å². The zero-order chi connectivity index (χ0) is 15.9. The van der Waals surface area contributed by atoms with Crippen molar-refractivity contribution in [2.24, 2.45) is 0 Å². The Bertz CT molecular complexity index is 629. The zero-order valence-corrected chi connectivity index (χ0v) is 12.7. The third-order valence-electron chi connectivity index (χ3n) is 3.29. The summed E-state index contributed by atoms with van der Waals surface area (Å²) in [6.07, 6.45) is 2.23. The van der Waals surface area contributed by atoms with Gasteiger partial charge in [-0.15, -0.1) is 0 Å². The molecule has 1 atom stereocenters. The Kier molecular flexibility index (Phi) is 5.43. The van der Waals surface area contributed by atoms with Crippen molar-refractivity contribution in [1.82, 2.24) is 4.98 Å². The maximum Gasteiger partial charge on any atom is 0.311 e. The molecule has 22 heavy (non-hydrogen) atoms. The maximum atomic E-state index is 11.1. The van der Waals surface area contributed by atoms with Crippen LogP contribution in [0.15, 0.2) is 42.6 Å². The highest BCUT2D eigenvalue weighted by atomic mass is 16.6. The Morgan fingerprint density at radius 3 is 2.68 bits per heavy atom. The first-order valence-corrected chi connectivity index (χ1v) is 7.00. The van der Waals surface area contributed by atoms with Crippen LogP contribution in [-0.4, -0.2) is 29.7 Å². The first-order valence-electron chi connectivity index (χ1n) is 7.00. The molecule has 2 rings (SSSR count). The van der Waals surface area contributed by atoms with E-state index in [-0.39, 0.29) is 17.5 Å². The highest BCUT2D eigenvalue weighted by Crippen LogP contribution is 2.22. The molecule has 0 unspecified atom stereocenters. The van der Waals surface area contributed by atoms with Crippen LogP contribution < -0.4 is 5.32 Å². The van der Waals surface area contributed by atoms with Gasteiger partial charge in [0.05, 0.1) is 17.6 Å². The monoisotopic (exact) mass is 301 g/mol. The van der Waals surface area contributed by atoms with Crippen LogP contribution in [0.1, 0.15) is 11.1 Å². The predicted octanol–water partition coefficient (Wildman–Crippen LogP) is 2.97. The van der Waals surface area contributed by atoms with Gasteiger partial charge in [-0.1, -0.05) is 29.8 Å². The van der Waals surface area contributed by atoms with Gasteiger partial charge in [-0.2, -0.15) is 0 Å². The molecule has 6 nitrogen and oxygen atoms in total. The lowest BCUT2D eigenvalue weighted by atomic mass is 10.0. The number of hydrogen-bond donors (Lipinski definition) is 1. The molecular weight excluding hydrogens is 282 g/mol. The largest absolute Gasteiger partial charge is 0.383 e. The molecule has 0 spiro atoms. The number of anilines is 1. The molecule has 0 aliphatic heterocycles. The number of aromatic nitrogens is 1. The minimum absolute atomic E-state index is 0.0347. The van der Waals surface area contributed by atoms with Crippen LogP contribution in [-0.2, 0) is 11.2 Å². The Hall–Kier alpha value is -2.47. The SMILES string of the molecule is COC[C@H](Cc1ccc(C)cc1)Nc1ncccc1[N+](=O)[O-]. The molecule has 0 aliphatic rings. The molecule has 1 aromatic heterocycles. The summed E-state index contributed by atoms with van der Waals surface area (Å²) in [6.45, 7) is 2.47. The van der Waals surface area contributed by atoms with Crippen molar-refractivity contribution in [1.29, 1.82) is 0 Å². The highest BCUT2D eigenvalue weighted by Gasteiger charge is 2.18. The van der Waals surface area contributed by atoms with Crippen molar-refractivity contribution in [3.63, 3.8) is 0 Å². The second kappa shape index (κ2) is 7.51. The number of pyridine rings is 1. The normalized spacial score (nSPS) is 11.9. The Morgan fingerprint density at radius 2 is 2.05 bits per heavy atom. The number of aryl methyl sites for hydroxylation is 1. The van der Waals surface area contributed by atoms with Gasteiger partial charge in [0.1, 0.15) is 0 Å². The predicted molar refractivity (Wildman–Crippen MR) is 85.1 cm³/mol. The number of hydrogen-bond acceptors (Lipinski definition) is 5. The minimum Gasteiger partial charge on any atom is -0.383 e. The lowest BCUT2D eigenvalue weighted by Gasteiger charge is -2.18. The van der Waals surface area contributed by atoms with Crippen LogP contribution >= 0.6 is 0 Å². The minimum atomic E-state index is -0.439. The molecule has 1 aromatic carbocycles. The first kappa shape index (κ1) is 15.9. The highest BCUT2D eigenvalue weighted by molar-refractivity contribution is 5.55. The molecule has 1 N–H and O–H groups in total. The van der Waals surface area contributed by atoms with Gasteiger partial charge in [0, 0.05) is 19.4 Å². The number of nitro groups is 1. The summed E-state index contributed by atoms with van der Waals surface area (Å²) in [4.78, 5) is 14.7. The number of nitrogens with one attached hydrogen (secondary N) is 1. The molecule has 2 aromatic rings. The Labute approximate surface area is 129 Å². The molecule has 0 saturated carbocycles. The van der Waals surface area contributed by atoms with Crippen molar-refractivity contribution >= 4 is 11.5 Å². The number of rotatable bonds is 7. The van der Waals surface area contributed by atoms with Crippen molar-refractivity contribution in [3.05, 3.63) is 63.8 Å². The average molecular weight is 301 g/mol. The van der Waals surface area contributed by atoms with Crippen LogP contribution in [0.3, 0.4) is 0 Å². The molecule has 1 heterocycles. The summed E-state index contributed by atoms with van der Waals surface area (Å²) < 4.78 is 5.21. The van der Waals surface area contributed by atoms with E-state index < -0.39 is 4.92 Å². The fraction of sp³-hybridized carbons (Fsp3) is 0.312. The molecule has 0 bridgehead atoms. The van der Waals surface area contributed by atoms with E-state index >= 15 is 0 Å². The van der Waals surface area contributed by atoms with Gasteiger partial charge in [0.25, 0.3) is 0 Å². The number of methoxy groups -OCH3 is 1. The van der Waals surface area contributed by atoms with Crippen molar-refractivity contribution in [2.45, 2.75) is 19.4 Å². The van der Waals surface area contributed by atoms with E-state index in [1.165, 1.54) is 17.8 Å². The number of nitrogens with zero attached hydrogens (tertiary/aromatic N) is 2. The lowest BCUT2D eigenvalue weighted by molar-refractivity contribution is -0.384. The van der Waals surface area contributed by atoms with E-state index in [9.17, 15) is 10.1 Å². The molecule has 6 heteroatoms. The lowest BCUT2D eigenvalue weighted by Crippen LogP contribution is -2.28. The average Bonchev–Trinajstić information content (AvgIpc) is 2.50. The summed E-state index contributed by atoms with van der Waals surface area (Å²) >= 11 is 0. The molecule has 0 saturated heterocycles. The third-order valence-corrected chi connectivity index (χ3v) is 3.29. The van der Waals surface area contributed by atoms with Gasteiger partial charge in [0.15, 0.2) is 0 Å². The topological polar surface area (TPSA) is 77.3 Å². The van der Waals surface area contributed by atoms with Crippen molar-refractivity contribution < 1.29 is 9.66 Å². The third kappa shape index (κ3) is 4.26. The zero-order valence-electron chi connectivity index (χ0n) is 12.7. The second-order valence-electron chi connectivity index (χ2n) is 5.11. The molecule has 0 amide bonds. The van der Waals surface area contributed by atoms with Gasteiger partial charge in [-0.3, -0.25) is 10.1 Å². The fourth-order valence-corrected chi connectivity index (χ4v) is 2.21. The molecule has 0 aliphatic carbocycles. The Balaban J connectivity index is 2.15. The van der Waals surface area contributed by atoms with Crippen molar-refractivity contribution in [3.8, 4) is 0 Å². The van der Waals surface area contributed by atoms with Gasteiger partial charge in [-0.05, 0) is 25.0 Å². The fourth-order valence-electron chi connectivity index (χ4n) is 2.21. The van der Waals surface area contributed by atoms with Gasteiger partial charge in [-0.25, -0.2) is 4.98 Å². The smallest absolute Gasteiger partial charge is 0.311 e. The molecule has 0 radical (unpaired) electrons. The van der Waals surface area contributed by atoms with E-state index in [2.05, 4.69) is 10.3 Å². The summed E-state index contributed by atoms with van der Waals surface area (Å²) in [6, 6.07) is 11.1. The van der Waals surface area contributed by atoms with Crippen LogP contribution in [0.5, 0.6) is 0 Å².